The van der Waals surface area contributed by atoms with Crippen molar-refractivity contribution < 1.29 is 9.18 Å². The van der Waals surface area contributed by atoms with E-state index in [1.54, 1.807) is 10.6 Å². The van der Waals surface area contributed by atoms with Crippen LogP contribution in [0.3, 0.4) is 0 Å². The Bertz CT molecular complexity index is 734. The molecule has 0 spiro atoms. The third kappa shape index (κ3) is 2.18. The highest BCUT2D eigenvalue weighted by Gasteiger charge is 2.09. The normalized spacial score (nSPS) is 10.6. The first-order valence-electron chi connectivity index (χ1n) is 5.73. The van der Waals surface area contributed by atoms with Crippen LogP contribution in [0.1, 0.15) is 10.4 Å². The van der Waals surface area contributed by atoms with Crippen LogP contribution in [0.25, 0.3) is 5.52 Å². The molecule has 1 amide bonds. The van der Waals surface area contributed by atoms with Crippen molar-refractivity contribution in [1.29, 1.82) is 0 Å². The summed E-state index contributed by atoms with van der Waals surface area (Å²) in [4.78, 5) is 16.1. The number of pyridine rings is 1. The zero-order valence-corrected chi connectivity index (χ0v) is 9.88. The number of fused-ring (bicyclic) bond motifs is 1. The van der Waals surface area contributed by atoms with Gasteiger partial charge in [-0.3, -0.25) is 14.5 Å². The van der Waals surface area contributed by atoms with Gasteiger partial charge in [-0.2, -0.15) is 0 Å². The second kappa shape index (κ2) is 4.53. The Morgan fingerprint density at radius 2 is 1.95 bits per heavy atom. The summed E-state index contributed by atoms with van der Waals surface area (Å²) < 4.78 is 14.6. The molecule has 0 radical (unpaired) electrons. The Balaban J connectivity index is 1.89. The Kier molecular flexibility index (Phi) is 2.72. The van der Waals surface area contributed by atoms with Gasteiger partial charge in [0.2, 0.25) is 5.95 Å². The summed E-state index contributed by atoms with van der Waals surface area (Å²) in [5.41, 5.74) is 1.27. The summed E-state index contributed by atoms with van der Waals surface area (Å²) in [7, 11) is 0. The quantitative estimate of drug-likeness (QED) is 0.765. The second-order valence-electron chi connectivity index (χ2n) is 4.04. The molecule has 0 saturated carbocycles. The van der Waals surface area contributed by atoms with Crippen LogP contribution >= 0.6 is 0 Å². The van der Waals surface area contributed by atoms with Crippen LogP contribution in [0, 0.1) is 5.82 Å². The van der Waals surface area contributed by atoms with Gasteiger partial charge >= 0.3 is 0 Å². The first-order valence-corrected chi connectivity index (χ1v) is 5.73. The summed E-state index contributed by atoms with van der Waals surface area (Å²) in [5.74, 6) is -0.260. The van der Waals surface area contributed by atoms with Crippen LogP contribution in [-0.4, -0.2) is 15.3 Å². The Labute approximate surface area is 108 Å². The summed E-state index contributed by atoms with van der Waals surface area (Å²) in [6, 6.07) is 11.0. The van der Waals surface area contributed by atoms with Crippen LogP contribution < -0.4 is 5.32 Å². The number of carbonyl (C=O) groups excluding carboxylic acids is 1. The zero-order chi connectivity index (χ0) is 13.2. The van der Waals surface area contributed by atoms with Crippen molar-refractivity contribution in [1.82, 2.24) is 9.38 Å². The van der Waals surface area contributed by atoms with Crippen molar-refractivity contribution >= 4 is 17.4 Å². The van der Waals surface area contributed by atoms with Gasteiger partial charge in [0.1, 0.15) is 5.82 Å². The highest BCUT2D eigenvalue weighted by Crippen LogP contribution is 2.12. The van der Waals surface area contributed by atoms with Crippen LogP contribution in [0.5, 0.6) is 0 Å². The fourth-order valence-electron chi connectivity index (χ4n) is 1.81. The Morgan fingerprint density at radius 1 is 1.16 bits per heavy atom. The van der Waals surface area contributed by atoms with E-state index in [1.165, 1.54) is 24.3 Å². The summed E-state index contributed by atoms with van der Waals surface area (Å²) in [5, 5.41) is 2.69. The third-order valence-electron chi connectivity index (χ3n) is 2.77. The Morgan fingerprint density at radius 3 is 2.74 bits per heavy atom. The monoisotopic (exact) mass is 255 g/mol. The molecule has 0 unspecified atom stereocenters. The summed E-state index contributed by atoms with van der Waals surface area (Å²) in [6.45, 7) is 0. The minimum atomic E-state index is -0.372. The summed E-state index contributed by atoms with van der Waals surface area (Å²) >= 11 is 0. The topological polar surface area (TPSA) is 46.4 Å². The molecule has 2 aromatic heterocycles. The lowest BCUT2D eigenvalue weighted by molar-refractivity contribution is 0.102. The zero-order valence-electron chi connectivity index (χ0n) is 9.88. The maximum absolute atomic E-state index is 12.8. The standard InChI is InChI=1S/C14H10FN3O/c15-11-6-4-10(5-7-11)13(19)17-14-16-9-12-3-1-2-8-18(12)14/h1-9H,(H,16,17,19). The van der Waals surface area contributed by atoms with Crippen molar-refractivity contribution in [2.45, 2.75) is 0 Å². The number of amides is 1. The van der Waals surface area contributed by atoms with Gasteiger partial charge in [0, 0.05) is 11.8 Å². The van der Waals surface area contributed by atoms with Gasteiger partial charge < -0.3 is 0 Å². The molecule has 3 aromatic rings. The first kappa shape index (κ1) is 11.4. The predicted molar refractivity (Wildman–Crippen MR) is 69.5 cm³/mol. The van der Waals surface area contributed by atoms with E-state index < -0.39 is 0 Å². The highest BCUT2D eigenvalue weighted by molar-refractivity contribution is 6.03. The molecule has 0 aliphatic carbocycles. The maximum atomic E-state index is 12.8. The average molecular weight is 255 g/mol. The van der Waals surface area contributed by atoms with Gasteiger partial charge in [-0.1, -0.05) is 6.07 Å². The summed E-state index contributed by atoms with van der Waals surface area (Å²) in [6.07, 6.45) is 3.48. The third-order valence-corrected chi connectivity index (χ3v) is 2.77. The molecule has 5 heteroatoms. The molecule has 0 aliphatic rings. The lowest BCUT2D eigenvalue weighted by Gasteiger charge is -2.04. The molecule has 2 heterocycles. The molecule has 94 valence electrons. The number of nitrogens with one attached hydrogen (secondary N) is 1. The number of hydrogen-bond acceptors (Lipinski definition) is 2. The molecule has 0 aliphatic heterocycles. The van der Waals surface area contributed by atoms with E-state index in [-0.39, 0.29) is 11.7 Å². The van der Waals surface area contributed by atoms with E-state index in [1.807, 2.05) is 24.4 Å². The Hall–Kier alpha value is -2.69. The van der Waals surface area contributed by atoms with Gasteiger partial charge in [0.15, 0.2) is 0 Å². The van der Waals surface area contributed by atoms with E-state index in [2.05, 4.69) is 10.3 Å². The van der Waals surface area contributed by atoms with Gasteiger partial charge in [0.05, 0.1) is 11.7 Å². The van der Waals surface area contributed by atoms with Crippen molar-refractivity contribution in [2.24, 2.45) is 0 Å². The molecule has 1 N–H and O–H groups in total. The fraction of sp³-hybridized carbons (Fsp3) is 0. The van der Waals surface area contributed by atoms with Gasteiger partial charge in [-0.15, -0.1) is 0 Å². The lowest BCUT2D eigenvalue weighted by Crippen LogP contribution is -2.14. The molecule has 0 fully saturated rings. The van der Waals surface area contributed by atoms with E-state index in [0.717, 1.165) is 5.52 Å². The predicted octanol–water partition coefficient (Wildman–Crippen LogP) is 2.73. The van der Waals surface area contributed by atoms with E-state index in [4.69, 9.17) is 0 Å². The largest absolute Gasteiger partial charge is 0.292 e. The molecule has 19 heavy (non-hydrogen) atoms. The number of benzene rings is 1. The van der Waals surface area contributed by atoms with Crippen molar-refractivity contribution in [3.8, 4) is 0 Å². The fourth-order valence-corrected chi connectivity index (χ4v) is 1.81. The highest BCUT2D eigenvalue weighted by atomic mass is 19.1. The number of carbonyl (C=O) groups is 1. The van der Waals surface area contributed by atoms with Crippen molar-refractivity contribution in [2.75, 3.05) is 5.32 Å². The van der Waals surface area contributed by atoms with Crippen molar-refractivity contribution in [3.05, 3.63) is 66.2 Å². The minimum Gasteiger partial charge on any atom is -0.292 e. The number of imidazole rings is 1. The number of nitrogens with zero attached hydrogens (tertiary/aromatic N) is 2. The van der Waals surface area contributed by atoms with E-state index in [0.29, 0.717) is 11.5 Å². The smallest absolute Gasteiger partial charge is 0.257 e. The van der Waals surface area contributed by atoms with Gasteiger partial charge in [-0.25, -0.2) is 9.37 Å². The molecule has 0 bridgehead atoms. The lowest BCUT2D eigenvalue weighted by atomic mass is 10.2. The molecule has 0 saturated heterocycles. The van der Waals surface area contributed by atoms with Crippen molar-refractivity contribution in [3.63, 3.8) is 0 Å². The number of rotatable bonds is 2. The number of aromatic nitrogens is 2. The van der Waals surface area contributed by atoms with Crippen LogP contribution in [0.4, 0.5) is 10.3 Å². The first-order chi connectivity index (χ1) is 9.24. The molecular formula is C14H10FN3O. The van der Waals surface area contributed by atoms with Crippen LogP contribution in [0.15, 0.2) is 54.9 Å². The van der Waals surface area contributed by atoms with Gasteiger partial charge in [-0.05, 0) is 36.4 Å². The van der Waals surface area contributed by atoms with Crippen LogP contribution in [-0.2, 0) is 0 Å². The molecular weight excluding hydrogens is 245 g/mol. The second-order valence-corrected chi connectivity index (χ2v) is 4.04. The van der Waals surface area contributed by atoms with E-state index in [9.17, 15) is 9.18 Å². The molecule has 1 aromatic carbocycles. The van der Waals surface area contributed by atoms with E-state index >= 15 is 0 Å². The number of hydrogen-bond donors (Lipinski definition) is 1. The maximum Gasteiger partial charge on any atom is 0.257 e. The average Bonchev–Trinajstić information content (AvgIpc) is 2.83. The minimum absolute atomic E-state index is 0.323. The molecule has 4 nitrogen and oxygen atoms in total. The van der Waals surface area contributed by atoms with Gasteiger partial charge in [0.25, 0.3) is 5.91 Å². The molecule has 3 rings (SSSR count). The number of anilines is 1. The molecule has 0 atom stereocenters. The SMILES string of the molecule is O=C(Nc1ncc2ccccn12)c1ccc(F)cc1. The van der Waals surface area contributed by atoms with Crippen LogP contribution in [0.2, 0.25) is 0 Å². The number of halogens is 1.